The van der Waals surface area contributed by atoms with Gasteiger partial charge in [-0.15, -0.1) is 0 Å². The number of benzene rings is 1. The highest BCUT2D eigenvalue weighted by molar-refractivity contribution is 6.33. The zero-order valence-corrected chi connectivity index (χ0v) is 16.6. The first-order valence-corrected chi connectivity index (χ1v) is 9.54. The molecule has 0 amide bonds. The predicted octanol–water partition coefficient (Wildman–Crippen LogP) is 4.80. The Morgan fingerprint density at radius 1 is 1.19 bits per heavy atom. The minimum atomic E-state index is -0.00647. The first-order valence-electron chi connectivity index (χ1n) is 9.16. The SMILES string of the molecule is CCCn1cc(-n2cc(-c3ccc(OCC(C)C)cc3Cl)cn2)ccc1=O. The topological polar surface area (TPSA) is 49.0 Å². The second-order valence-corrected chi connectivity index (χ2v) is 7.35. The van der Waals surface area contributed by atoms with Gasteiger partial charge in [-0.25, -0.2) is 4.68 Å². The van der Waals surface area contributed by atoms with Gasteiger partial charge in [0.2, 0.25) is 0 Å². The maximum atomic E-state index is 11.9. The van der Waals surface area contributed by atoms with E-state index in [2.05, 4.69) is 18.9 Å². The molecule has 2 aromatic heterocycles. The molecule has 3 rings (SSSR count). The van der Waals surface area contributed by atoms with Crippen molar-refractivity contribution in [1.82, 2.24) is 14.3 Å². The van der Waals surface area contributed by atoms with Gasteiger partial charge in [0.15, 0.2) is 0 Å². The van der Waals surface area contributed by atoms with Gasteiger partial charge in [0, 0.05) is 36.1 Å². The largest absolute Gasteiger partial charge is 0.493 e. The van der Waals surface area contributed by atoms with Crippen molar-refractivity contribution in [1.29, 1.82) is 0 Å². The Hall–Kier alpha value is -2.53. The van der Waals surface area contributed by atoms with Crippen LogP contribution >= 0.6 is 11.6 Å². The molecule has 0 fully saturated rings. The number of hydrogen-bond donors (Lipinski definition) is 0. The third-order valence-electron chi connectivity index (χ3n) is 4.11. The maximum Gasteiger partial charge on any atom is 0.250 e. The fraction of sp³-hybridized carbons (Fsp3) is 0.333. The lowest BCUT2D eigenvalue weighted by Gasteiger charge is -2.10. The van der Waals surface area contributed by atoms with Crippen LogP contribution in [0.1, 0.15) is 27.2 Å². The minimum absolute atomic E-state index is 0.00647. The summed E-state index contributed by atoms with van der Waals surface area (Å²) < 4.78 is 9.17. The van der Waals surface area contributed by atoms with E-state index in [0.717, 1.165) is 29.0 Å². The number of pyridine rings is 1. The molecule has 6 heteroatoms. The molecular formula is C21H24ClN3O2. The predicted molar refractivity (Wildman–Crippen MR) is 109 cm³/mol. The summed E-state index contributed by atoms with van der Waals surface area (Å²) in [5, 5.41) is 5.05. The van der Waals surface area contributed by atoms with Crippen molar-refractivity contribution >= 4 is 11.6 Å². The molecule has 0 aliphatic heterocycles. The number of ether oxygens (including phenoxy) is 1. The van der Waals surface area contributed by atoms with E-state index in [4.69, 9.17) is 16.3 Å². The summed E-state index contributed by atoms with van der Waals surface area (Å²) in [5.74, 6) is 1.22. The number of hydrogen-bond acceptors (Lipinski definition) is 3. The van der Waals surface area contributed by atoms with Crippen molar-refractivity contribution in [3.8, 4) is 22.6 Å². The lowest BCUT2D eigenvalue weighted by molar-refractivity contribution is 0.271. The molecular weight excluding hydrogens is 362 g/mol. The summed E-state index contributed by atoms with van der Waals surface area (Å²) >= 11 is 6.46. The van der Waals surface area contributed by atoms with Crippen LogP contribution in [0.25, 0.3) is 16.8 Å². The van der Waals surface area contributed by atoms with Gasteiger partial charge in [0.1, 0.15) is 5.75 Å². The highest BCUT2D eigenvalue weighted by atomic mass is 35.5. The van der Waals surface area contributed by atoms with Crippen molar-refractivity contribution in [2.75, 3.05) is 6.61 Å². The lowest BCUT2D eigenvalue weighted by Crippen LogP contribution is -2.19. The fourth-order valence-corrected chi connectivity index (χ4v) is 3.04. The van der Waals surface area contributed by atoms with Crippen molar-refractivity contribution in [2.45, 2.75) is 33.7 Å². The molecule has 0 saturated heterocycles. The minimum Gasteiger partial charge on any atom is -0.493 e. The van der Waals surface area contributed by atoms with Gasteiger partial charge in [-0.3, -0.25) is 4.79 Å². The van der Waals surface area contributed by atoms with Crippen LogP contribution in [0.3, 0.4) is 0 Å². The fourth-order valence-electron chi connectivity index (χ4n) is 2.76. The second-order valence-electron chi connectivity index (χ2n) is 6.94. The van der Waals surface area contributed by atoms with Crippen LogP contribution in [-0.4, -0.2) is 21.0 Å². The molecule has 0 radical (unpaired) electrons. The Bertz CT molecular complexity index is 976. The monoisotopic (exact) mass is 385 g/mol. The number of rotatable bonds is 7. The highest BCUT2D eigenvalue weighted by Gasteiger charge is 2.10. The van der Waals surface area contributed by atoms with Crippen molar-refractivity contribution in [2.24, 2.45) is 5.92 Å². The smallest absolute Gasteiger partial charge is 0.250 e. The van der Waals surface area contributed by atoms with E-state index in [-0.39, 0.29) is 5.56 Å². The number of halogens is 1. The standard InChI is InChI=1S/C21H24ClN3O2/c1-4-9-24-13-17(5-8-21(24)26)25-12-16(11-23-25)19-7-6-18(10-20(19)22)27-14-15(2)3/h5-8,10-13,15H,4,9,14H2,1-3H3. The van der Waals surface area contributed by atoms with Crippen LogP contribution in [0.2, 0.25) is 5.02 Å². The normalized spacial score (nSPS) is 11.1. The Labute approximate surface area is 164 Å². The summed E-state index contributed by atoms with van der Waals surface area (Å²) in [6.07, 6.45) is 6.40. The van der Waals surface area contributed by atoms with Crippen LogP contribution in [0.15, 0.2) is 53.7 Å². The average molecular weight is 386 g/mol. The molecule has 3 aromatic rings. The number of aryl methyl sites for hydroxylation is 1. The number of nitrogens with zero attached hydrogens (tertiary/aromatic N) is 3. The molecule has 2 heterocycles. The Balaban J connectivity index is 1.85. The van der Waals surface area contributed by atoms with Gasteiger partial charge in [-0.05, 0) is 36.6 Å². The highest BCUT2D eigenvalue weighted by Crippen LogP contribution is 2.31. The molecule has 1 aromatic carbocycles. The summed E-state index contributed by atoms with van der Waals surface area (Å²) in [6.45, 7) is 7.59. The third-order valence-corrected chi connectivity index (χ3v) is 4.43. The summed E-state index contributed by atoms with van der Waals surface area (Å²) in [7, 11) is 0. The zero-order chi connectivity index (χ0) is 19.4. The van der Waals surface area contributed by atoms with Crippen LogP contribution < -0.4 is 10.3 Å². The van der Waals surface area contributed by atoms with Gasteiger partial charge >= 0.3 is 0 Å². The van der Waals surface area contributed by atoms with E-state index in [1.807, 2.05) is 37.5 Å². The van der Waals surface area contributed by atoms with Crippen molar-refractivity contribution in [3.63, 3.8) is 0 Å². The molecule has 27 heavy (non-hydrogen) atoms. The molecule has 0 aliphatic rings. The Morgan fingerprint density at radius 3 is 2.70 bits per heavy atom. The third kappa shape index (κ3) is 4.61. The maximum absolute atomic E-state index is 11.9. The Kier molecular flexibility index (Phi) is 6.01. The van der Waals surface area contributed by atoms with Gasteiger partial charge in [0.05, 0.1) is 23.5 Å². The van der Waals surface area contributed by atoms with Crippen molar-refractivity contribution in [3.05, 3.63) is 64.3 Å². The molecule has 142 valence electrons. The van der Waals surface area contributed by atoms with E-state index in [0.29, 0.717) is 24.1 Å². The van der Waals surface area contributed by atoms with E-state index in [1.54, 1.807) is 27.6 Å². The molecule has 0 atom stereocenters. The van der Waals surface area contributed by atoms with Gasteiger partial charge < -0.3 is 9.30 Å². The van der Waals surface area contributed by atoms with E-state index >= 15 is 0 Å². The molecule has 0 saturated carbocycles. The van der Waals surface area contributed by atoms with Crippen LogP contribution in [-0.2, 0) is 6.54 Å². The van der Waals surface area contributed by atoms with E-state index in [9.17, 15) is 4.79 Å². The van der Waals surface area contributed by atoms with Crippen LogP contribution in [0.5, 0.6) is 5.75 Å². The first-order chi connectivity index (χ1) is 13.0. The summed E-state index contributed by atoms with van der Waals surface area (Å²) in [6, 6.07) is 9.04. The van der Waals surface area contributed by atoms with Crippen LogP contribution in [0.4, 0.5) is 0 Å². The van der Waals surface area contributed by atoms with Gasteiger partial charge in [-0.1, -0.05) is 32.4 Å². The molecule has 0 aliphatic carbocycles. The number of aromatic nitrogens is 3. The Morgan fingerprint density at radius 2 is 2.00 bits per heavy atom. The zero-order valence-electron chi connectivity index (χ0n) is 15.9. The second kappa shape index (κ2) is 8.44. The molecule has 0 bridgehead atoms. The molecule has 0 spiro atoms. The molecule has 0 unspecified atom stereocenters. The summed E-state index contributed by atoms with van der Waals surface area (Å²) in [4.78, 5) is 11.9. The molecule has 5 nitrogen and oxygen atoms in total. The van der Waals surface area contributed by atoms with Gasteiger partial charge in [0.25, 0.3) is 5.56 Å². The van der Waals surface area contributed by atoms with Crippen LogP contribution in [0, 0.1) is 5.92 Å². The average Bonchev–Trinajstić information content (AvgIpc) is 3.12. The van der Waals surface area contributed by atoms with Gasteiger partial charge in [-0.2, -0.15) is 5.10 Å². The van der Waals surface area contributed by atoms with E-state index < -0.39 is 0 Å². The lowest BCUT2D eigenvalue weighted by atomic mass is 10.1. The first kappa shape index (κ1) is 19.2. The quantitative estimate of drug-likeness (QED) is 0.587. The molecule has 0 N–H and O–H groups in total. The summed E-state index contributed by atoms with van der Waals surface area (Å²) in [5.41, 5.74) is 2.63. The van der Waals surface area contributed by atoms with Crippen molar-refractivity contribution < 1.29 is 4.74 Å². The van der Waals surface area contributed by atoms with E-state index in [1.165, 1.54) is 0 Å².